The quantitative estimate of drug-likeness (QED) is 0.701. The standard InChI is InChI=1S/C20H20N2O3/c1-13-6-5-7-15(10-13)22-19(23)12-25-20(24)11-17-14(2)21-18-9-4-3-8-16(17)18/h3-10,21H,11-12H2,1-2H3,(H,22,23). The van der Waals surface area contributed by atoms with E-state index in [4.69, 9.17) is 4.74 Å². The van der Waals surface area contributed by atoms with Gasteiger partial charge in [0.25, 0.3) is 5.91 Å². The molecule has 0 fully saturated rings. The van der Waals surface area contributed by atoms with E-state index in [-0.39, 0.29) is 18.9 Å². The third kappa shape index (κ3) is 4.07. The average molecular weight is 336 g/mol. The molecule has 0 atom stereocenters. The lowest BCUT2D eigenvalue weighted by Crippen LogP contribution is -2.21. The van der Waals surface area contributed by atoms with Gasteiger partial charge in [0.15, 0.2) is 6.61 Å². The summed E-state index contributed by atoms with van der Waals surface area (Å²) in [7, 11) is 0. The Morgan fingerprint density at radius 3 is 2.68 bits per heavy atom. The number of anilines is 1. The second-order valence-corrected chi connectivity index (χ2v) is 6.03. The van der Waals surface area contributed by atoms with Gasteiger partial charge in [-0.1, -0.05) is 30.3 Å². The van der Waals surface area contributed by atoms with Crippen LogP contribution in [0, 0.1) is 13.8 Å². The highest BCUT2D eigenvalue weighted by Crippen LogP contribution is 2.22. The summed E-state index contributed by atoms with van der Waals surface area (Å²) < 4.78 is 5.12. The molecular formula is C20H20N2O3. The van der Waals surface area contributed by atoms with Crippen LogP contribution < -0.4 is 5.32 Å². The van der Waals surface area contributed by atoms with Crippen molar-refractivity contribution in [3.8, 4) is 0 Å². The molecule has 0 aliphatic heterocycles. The first-order valence-corrected chi connectivity index (χ1v) is 8.11. The molecule has 0 spiro atoms. The van der Waals surface area contributed by atoms with E-state index in [0.29, 0.717) is 5.69 Å². The van der Waals surface area contributed by atoms with Gasteiger partial charge in [-0.05, 0) is 43.2 Å². The van der Waals surface area contributed by atoms with Gasteiger partial charge in [0.1, 0.15) is 0 Å². The second-order valence-electron chi connectivity index (χ2n) is 6.03. The number of benzene rings is 2. The maximum absolute atomic E-state index is 12.1. The van der Waals surface area contributed by atoms with Crippen LogP contribution in [0.4, 0.5) is 5.69 Å². The van der Waals surface area contributed by atoms with Crippen LogP contribution in [0.3, 0.4) is 0 Å². The summed E-state index contributed by atoms with van der Waals surface area (Å²) in [6, 6.07) is 15.3. The number of nitrogens with one attached hydrogen (secondary N) is 2. The van der Waals surface area contributed by atoms with E-state index < -0.39 is 5.97 Å². The lowest BCUT2D eigenvalue weighted by Gasteiger charge is -2.07. The summed E-state index contributed by atoms with van der Waals surface area (Å²) in [5.41, 5.74) is 4.56. The number of fused-ring (bicyclic) bond motifs is 1. The highest BCUT2D eigenvalue weighted by molar-refractivity contribution is 5.93. The van der Waals surface area contributed by atoms with Gasteiger partial charge in [0.05, 0.1) is 6.42 Å². The Bertz CT molecular complexity index is 928. The first-order chi connectivity index (χ1) is 12.0. The Morgan fingerprint density at radius 1 is 1.08 bits per heavy atom. The number of H-pyrrole nitrogens is 1. The van der Waals surface area contributed by atoms with Crippen LogP contribution in [-0.4, -0.2) is 23.5 Å². The molecule has 0 unspecified atom stereocenters. The van der Waals surface area contributed by atoms with Crippen molar-refractivity contribution in [2.45, 2.75) is 20.3 Å². The molecule has 2 N–H and O–H groups in total. The zero-order chi connectivity index (χ0) is 17.8. The zero-order valence-electron chi connectivity index (χ0n) is 14.3. The normalized spacial score (nSPS) is 10.6. The van der Waals surface area contributed by atoms with Crippen molar-refractivity contribution in [3.63, 3.8) is 0 Å². The number of para-hydroxylation sites is 1. The molecule has 1 heterocycles. The molecule has 0 saturated heterocycles. The van der Waals surface area contributed by atoms with E-state index in [2.05, 4.69) is 10.3 Å². The van der Waals surface area contributed by atoms with Crippen molar-refractivity contribution < 1.29 is 14.3 Å². The summed E-state index contributed by atoms with van der Waals surface area (Å²) in [5.74, 6) is -0.776. The molecule has 5 nitrogen and oxygen atoms in total. The highest BCUT2D eigenvalue weighted by Gasteiger charge is 2.14. The Labute approximate surface area is 146 Å². The second kappa shape index (κ2) is 7.21. The van der Waals surface area contributed by atoms with Crippen molar-refractivity contribution in [2.75, 3.05) is 11.9 Å². The maximum Gasteiger partial charge on any atom is 0.310 e. The van der Waals surface area contributed by atoms with E-state index in [9.17, 15) is 9.59 Å². The number of amides is 1. The van der Waals surface area contributed by atoms with Crippen molar-refractivity contribution >= 4 is 28.5 Å². The largest absolute Gasteiger partial charge is 0.455 e. The van der Waals surface area contributed by atoms with Crippen LogP contribution in [-0.2, 0) is 20.7 Å². The summed E-state index contributed by atoms with van der Waals surface area (Å²) in [5, 5.41) is 3.72. The Hall–Kier alpha value is -3.08. The summed E-state index contributed by atoms with van der Waals surface area (Å²) >= 11 is 0. The third-order valence-corrected chi connectivity index (χ3v) is 4.01. The van der Waals surface area contributed by atoms with Crippen LogP contribution in [0.5, 0.6) is 0 Å². The van der Waals surface area contributed by atoms with Gasteiger partial charge in [0, 0.05) is 22.3 Å². The number of carbonyl (C=O) groups excluding carboxylic acids is 2. The number of rotatable bonds is 5. The molecule has 1 aromatic heterocycles. The number of aromatic nitrogens is 1. The topological polar surface area (TPSA) is 71.2 Å². The molecule has 0 radical (unpaired) electrons. The number of aryl methyl sites for hydroxylation is 2. The molecule has 1 amide bonds. The van der Waals surface area contributed by atoms with Crippen LogP contribution in [0.15, 0.2) is 48.5 Å². The number of ether oxygens (including phenoxy) is 1. The van der Waals surface area contributed by atoms with E-state index in [0.717, 1.165) is 27.7 Å². The van der Waals surface area contributed by atoms with Gasteiger partial charge in [-0.2, -0.15) is 0 Å². The van der Waals surface area contributed by atoms with E-state index >= 15 is 0 Å². The fraction of sp³-hybridized carbons (Fsp3) is 0.200. The first kappa shape index (κ1) is 16.8. The highest BCUT2D eigenvalue weighted by atomic mass is 16.5. The number of hydrogen-bond donors (Lipinski definition) is 2. The molecule has 2 aromatic carbocycles. The summed E-state index contributed by atoms with van der Waals surface area (Å²) in [4.78, 5) is 27.3. The Kier molecular flexibility index (Phi) is 4.84. The monoisotopic (exact) mass is 336 g/mol. The molecule has 3 aromatic rings. The summed E-state index contributed by atoms with van der Waals surface area (Å²) in [6.07, 6.45) is 0.133. The summed E-state index contributed by atoms with van der Waals surface area (Å²) in [6.45, 7) is 3.57. The van der Waals surface area contributed by atoms with Gasteiger partial charge in [-0.25, -0.2) is 0 Å². The third-order valence-electron chi connectivity index (χ3n) is 4.01. The van der Waals surface area contributed by atoms with Crippen molar-refractivity contribution in [1.29, 1.82) is 0 Å². The van der Waals surface area contributed by atoms with Gasteiger partial charge in [-0.15, -0.1) is 0 Å². The van der Waals surface area contributed by atoms with Gasteiger partial charge < -0.3 is 15.0 Å². The molecule has 0 saturated carbocycles. The number of aromatic amines is 1. The Balaban J connectivity index is 1.57. The van der Waals surface area contributed by atoms with Crippen LogP contribution >= 0.6 is 0 Å². The Morgan fingerprint density at radius 2 is 1.88 bits per heavy atom. The molecule has 128 valence electrons. The molecule has 0 aliphatic rings. The average Bonchev–Trinajstić information content (AvgIpc) is 2.89. The van der Waals surface area contributed by atoms with Crippen LogP contribution in [0.1, 0.15) is 16.8 Å². The minimum Gasteiger partial charge on any atom is -0.455 e. The van der Waals surface area contributed by atoms with Gasteiger partial charge in [-0.3, -0.25) is 9.59 Å². The van der Waals surface area contributed by atoms with Crippen LogP contribution in [0.25, 0.3) is 10.9 Å². The molecule has 5 heteroatoms. The number of hydrogen-bond acceptors (Lipinski definition) is 3. The lowest BCUT2D eigenvalue weighted by atomic mass is 10.1. The fourth-order valence-corrected chi connectivity index (χ4v) is 2.82. The molecule has 0 bridgehead atoms. The molecular weight excluding hydrogens is 316 g/mol. The minimum atomic E-state index is -0.424. The minimum absolute atomic E-state index is 0.133. The molecule has 3 rings (SSSR count). The zero-order valence-corrected chi connectivity index (χ0v) is 14.3. The van der Waals surface area contributed by atoms with Gasteiger partial charge in [0.2, 0.25) is 0 Å². The van der Waals surface area contributed by atoms with Crippen molar-refractivity contribution in [2.24, 2.45) is 0 Å². The predicted molar refractivity (Wildman–Crippen MR) is 97.5 cm³/mol. The van der Waals surface area contributed by atoms with E-state index in [1.54, 1.807) is 6.07 Å². The fourth-order valence-electron chi connectivity index (χ4n) is 2.82. The van der Waals surface area contributed by atoms with Crippen molar-refractivity contribution in [1.82, 2.24) is 4.98 Å². The lowest BCUT2D eigenvalue weighted by molar-refractivity contribution is -0.146. The number of carbonyl (C=O) groups is 2. The van der Waals surface area contributed by atoms with E-state index in [1.807, 2.05) is 56.3 Å². The maximum atomic E-state index is 12.1. The van der Waals surface area contributed by atoms with Crippen LogP contribution in [0.2, 0.25) is 0 Å². The smallest absolute Gasteiger partial charge is 0.310 e. The molecule has 25 heavy (non-hydrogen) atoms. The SMILES string of the molecule is Cc1cccc(NC(=O)COC(=O)Cc2c(C)[nH]c3ccccc23)c1. The first-order valence-electron chi connectivity index (χ1n) is 8.11. The number of esters is 1. The molecule has 0 aliphatic carbocycles. The van der Waals surface area contributed by atoms with Crippen molar-refractivity contribution in [3.05, 3.63) is 65.4 Å². The van der Waals surface area contributed by atoms with Gasteiger partial charge >= 0.3 is 5.97 Å². The predicted octanol–water partition coefficient (Wildman–Crippen LogP) is 3.51. The van der Waals surface area contributed by atoms with E-state index in [1.165, 1.54) is 0 Å².